The summed E-state index contributed by atoms with van der Waals surface area (Å²) < 4.78 is 5.10. The Kier molecular flexibility index (Phi) is 6.61. The largest absolute Gasteiger partial charge is 0.497 e. The Morgan fingerprint density at radius 2 is 1.96 bits per heavy atom. The van der Waals surface area contributed by atoms with E-state index in [1.54, 1.807) is 13.2 Å². The first kappa shape index (κ1) is 18.9. The van der Waals surface area contributed by atoms with Gasteiger partial charge in [-0.15, -0.1) is 0 Å². The fraction of sp³-hybridized carbons (Fsp3) is 0.158. The van der Waals surface area contributed by atoms with E-state index in [0.29, 0.717) is 12.1 Å². The van der Waals surface area contributed by atoms with Crippen molar-refractivity contribution >= 4 is 23.4 Å². The van der Waals surface area contributed by atoms with Gasteiger partial charge in [0.1, 0.15) is 5.75 Å². The van der Waals surface area contributed by atoms with Crippen molar-refractivity contribution in [1.82, 2.24) is 0 Å². The van der Waals surface area contributed by atoms with Crippen molar-refractivity contribution in [1.29, 1.82) is 0 Å². The molecule has 0 aliphatic heterocycles. The van der Waals surface area contributed by atoms with Gasteiger partial charge in [0.05, 0.1) is 23.3 Å². The molecule has 0 N–H and O–H groups in total. The van der Waals surface area contributed by atoms with Gasteiger partial charge in [-0.05, 0) is 36.3 Å². The number of non-ortho nitro benzene ring substituents is 1. The number of rotatable bonds is 7. The van der Waals surface area contributed by atoms with Crippen LogP contribution in [-0.2, 0) is 4.84 Å². The Morgan fingerprint density at radius 1 is 1.23 bits per heavy atom. The molecule has 7 heteroatoms. The van der Waals surface area contributed by atoms with Gasteiger partial charge in [0.2, 0.25) is 0 Å². The van der Waals surface area contributed by atoms with Crippen LogP contribution in [0.25, 0.3) is 6.08 Å². The molecule has 7 nitrogen and oxygen atoms in total. The van der Waals surface area contributed by atoms with Gasteiger partial charge in [0, 0.05) is 12.1 Å². The van der Waals surface area contributed by atoms with Gasteiger partial charge in [-0.3, -0.25) is 10.1 Å². The Morgan fingerprint density at radius 3 is 2.58 bits per heavy atom. The zero-order chi connectivity index (χ0) is 18.9. The third-order valence-electron chi connectivity index (χ3n) is 3.48. The molecular weight excluding hydrogens is 336 g/mol. The summed E-state index contributed by atoms with van der Waals surface area (Å²) in [6.07, 6.45) is 4.13. The van der Waals surface area contributed by atoms with Crippen LogP contribution in [-0.4, -0.2) is 23.7 Å². The predicted octanol–water partition coefficient (Wildman–Crippen LogP) is 4.24. The van der Waals surface area contributed by atoms with Crippen molar-refractivity contribution in [3.63, 3.8) is 0 Å². The van der Waals surface area contributed by atoms with E-state index >= 15 is 0 Å². The molecule has 0 spiro atoms. The number of nitrogens with zero attached hydrogens (tertiary/aromatic N) is 2. The van der Waals surface area contributed by atoms with Crippen molar-refractivity contribution < 1.29 is 19.3 Å². The first-order chi connectivity index (χ1) is 12.5. The average Bonchev–Trinajstić information content (AvgIpc) is 2.68. The molecule has 0 saturated heterocycles. The second-order valence-corrected chi connectivity index (χ2v) is 5.23. The van der Waals surface area contributed by atoms with Crippen LogP contribution in [0.15, 0.2) is 59.8 Å². The highest BCUT2D eigenvalue weighted by molar-refractivity contribution is 5.98. The molecule has 0 aromatic heterocycles. The average molecular weight is 354 g/mol. The van der Waals surface area contributed by atoms with Gasteiger partial charge in [0.15, 0.2) is 0 Å². The zero-order valence-electron chi connectivity index (χ0n) is 14.4. The highest BCUT2D eigenvalue weighted by Crippen LogP contribution is 2.15. The maximum absolute atomic E-state index is 12.0. The van der Waals surface area contributed by atoms with Crippen molar-refractivity contribution in [3.8, 4) is 5.75 Å². The molecule has 26 heavy (non-hydrogen) atoms. The highest BCUT2D eigenvalue weighted by atomic mass is 16.7. The molecule has 0 aliphatic rings. The molecule has 0 saturated carbocycles. The second kappa shape index (κ2) is 9.12. The zero-order valence-corrected chi connectivity index (χ0v) is 14.4. The van der Waals surface area contributed by atoms with E-state index in [0.717, 1.165) is 17.4 Å². The Balaban J connectivity index is 2.05. The Hall–Kier alpha value is -3.48. The summed E-state index contributed by atoms with van der Waals surface area (Å²) in [4.78, 5) is 27.1. The minimum absolute atomic E-state index is 0.0672. The van der Waals surface area contributed by atoms with Crippen molar-refractivity contribution in [3.05, 3.63) is 75.8 Å². The lowest BCUT2D eigenvalue weighted by molar-refractivity contribution is -0.384. The number of hydrogen-bond acceptors (Lipinski definition) is 6. The maximum atomic E-state index is 12.0. The first-order valence-corrected chi connectivity index (χ1v) is 7.88. The number of nitro groups is 1. The Bertz CT molecular complexity index is 841. The summed E-state index contributed by atoms with van der Waals surface area (Å²) in [6.45, 7) is 1.87. The summed E-state index contributed by atoms with van der Waals surface area (Å²) in [5.74, 6) is 0.00918. The van der Waals surface area contributed by atoms with Crippen LogP contribution in [0.2, 0.25) is 0 Å². The standard InChI is InChI=1S/C19H18N2O5/c1-3-16(10-7-14-8-11-18(25-2)12-9-14)20-26-19(22)15-5-4-6-17(13-15)21(23)24/h4-13H,3H2,1-2H3/b10-7+,20-16+. The van der Waals surface area contributed by atoms with Crippen LogP contribution in [0, 0.1) is 10.1 Å². The van der Waals surface area contributed by atoms with Crippen LogP contribution in [0.4, 0.5) is 5.69 Å². The fourth-order valence-corrected chi connectivity index (χ4v) is 2.02. The van der Waals surface area contributed by atoms with Gasteiger partial charge in [0.25, 0.3) is 5.69 Å². The van der Waals surface area contributed by atoms with Gasteiger partial charge in [-0.1, -0.05) is 36.4 Å². The number of oxime groups is 1. The number of nitro benzene ring substituents is 1. The van der Waals surface area contributed by atoms with E-state index in [4.69, 9.17) is 9.57 Å². The Labute approximate surface area is 150 Å². The van der Waals surface area contributed by atoms with E-state index in [1.165, 1.54) is 18.2 Å². The molecule has 2 aromatic carbocycles. The normalized spacial score (nSPS) is 11.4. The number of allylic oxidation sites excluding steroid dienone is 1. The van der Waals surface area contributed by atoms with Gasteiger partial charge in [-0.25, -0.2) is 4.79 Å². The number of ether oxygens (including phenoxy) is 1. The molecule has 0 atom stereocenters. The molecule has 134 valence electrons. The topological polar surface area (TPSA) is 91.0 Å². The maximum Gasteiger partial charge on any atom is 0.365 e. The lowest BCUT2D eigenvalue weighted by Crippen LogP contribution is -2.04. The smallest absolute Gasteiger partial charge is 0.365 e. The molecule has 0 bridgehead atoms. The van der Waals surface area contributed by atoms with Gasteiger partial charge >= 0.3 is 5.97 Å². The van der Waals surface area contributed by atoms with Crippen LogP contribution < -0.4 is 4.74 Å². The van der Waals surface area contributed by atoms with Crippen LogP contribution >= 0.6 is 0 Å². The number of hydrogen-bond donors (Lipinski definition) is 0. The first-order valence-electron chi connectivity index (χ1n) is 7.88. The number of methoxy groups -OCH3 is 1. The minimum Gasteiger partial charge on any atom is -0.497 e. The van der Waals surface area contributed by atoms with Crippen molar-refractivity contribution in [2.75, 3.05) is 7.11 Å². The highest BCUT2D eigenvalue weighted by Gasteiger charge is 2.12. The summed E-state index contributed by atoms with van der Waals surface area (Å²) >= 11 is 0. The molecule has 0 aliphatic carbocycles. The molecule has 0 heterocycles. The van der Waals surface area contributed by atoms with E-state index < -0.39 is 10.9 Å². The predicted molar refractivity (Wildman–Crippen MR) is 98.3 cm³/mol. The summed E-state index contributed by atoms with van der Waals surface area (Å²) in [5, 5.41) is 14.6. The molecule has 2 aromatic rings. The molecule has 0 fully saturated rings. The molecule has 0 radical (unpaired) electrons. The number of benzene rings is 2. The molecular formula is C19H18N2O5. The van der Waals surface area contributed by atoms with Crippen LogP contribution in [0.1, 0.15) is 29.3 Å². The van der Waals surface area contributed by atoms with Gasteiger partial charge in [-0.2, -0.15) is 0 Å². The van der Waals surface area contributed by atoms with Crippen molar-refractivity contribution in [2.45, 2.75) is 13.3 Å². The van der Waals surface area contributed by atoms with E-state index in [9.17, 15) is 14.9 Å². The monoisotopic (exact) mass is 354 g/mol. The fourth-order valence-electron chi connectivity index (χ4n) is 2.02. The molecule has 0 unspecified atom stereocenters. The summed E-state index contributed by atoms with van der Waals surface area (Å²) in [5.41, 5.74) is 1.38. The quantitative estimate of drug-likeness (QED) is 0.321. The lowest BCUT2D eigenvalue weighted by atomic mass is 10.1. The lowest BCUT2D eigenvalue weighted by Gasteiger charge is -2.01. The van der Waals surface area contributed by atoms with Crippen LogP contribution in [0.3, 0.4) is 0 Å². The SMILES string of the molecule is CCC(/C=C/c1ccc(OC)cc1)=N\OC(=O)c1cccc([N+](=O)[O-])c1. The third kappa shape index (κ3) is 5.27. The number of carbonyl (C=O) groups excluding carboxylic acids is 1. The molecule has 0 amide bonds. The van der Waals surface area contributed by atoms with Gasteiger partial charge < -0.3 is 9.57 Å². The van der Waals surface area contributed by atoms with E-state index in [-0.39, 0.29) is 11.3 Å². The van der Waals surface area contributed by atoms with Crippen LogP contribution in [0.5, 0.6) is 5.75 Å². The third-order valence-corrected chi connectivity index (χ3v) is 3.48. The second-order valence-electron chi connectivity index (χ2n) is 5.23. The number of carbonyl (C=O) groups is 1. The van der Waals surface area contributed by atoms with E-state index in [1.807, 2.05) is 37.3 Å². The minimum atomic E-state index is -0.752. The summed E-state index contributed by atoms with van der Waals surface area (Å²) in [7, 11) is 1.60. The summed E-state index contributed by atoms with van der Waals surface area (Å²) in [6, 6.07) is 12.8. The molecule has 2 rings (SSSR count). The van der Waals surface area contributed by atoms with Crippen molar-refractivity contribution in [2.24, 2.45) is 5.16 Å². The van der Waals surface area contributed by atoms with E-state index in [2.05, 4.69) is 5.16 Å².